The van der Waals surface area contributed by atoms with Gasteiger partial charge in [0, 0.05) is 0 Å². The van der Waals surface area contributed by atoms with Crippen LogP contribution < -0.4 is 0 Å². The molecule has 0 amide bonds. The molecule has 0 saturated carbocycles. The van der Waals surface area contributed by atoms with Gasteiger partial charge in [-0.3, -0.25) is 0 Å². The van der Waals surface area contributed by atoms with Crippen LogP contribution in [0.25, 0.3) is 0 Å². The van der Waals surface area contributed by atoms with Gasteiger partial charge in [-0.25, -0.2) is 0 Å². The second-order valence-electron chi connectivity index (χ2n) is 0.0639. The summed E-state index contributed by atoms with van der Waals surface area (Å²) in [6.07, 6.45) is 0. The molecule has 0 aromatic rings. The molecule has 0 aliphatic rings. The monoisotopic (exact) mass is 181 g/mol. The summed E-state index contributed by atoms with van der Waals surface area (Å²) in [5.41, 5.74) is 0. The molecule has 27 valence electrons. The van der Waals surface area contributed by atoms with E-state index in [1.54, 1.807) is 0 Å². The first-order valence-electron chi connectivity index (χ1n) is 0.338. The van der Waals surface area contributed by atoms with Crippen LogP contribution in [0.2, 0.25) is 0 Å². The van der Waals surface area contributed by atoms with Crippen LogP contribution in [0.3, 0.4) is 0 Å². The molecule has 0 aliphatic heterocycles. The predicted octanol–water partition coefficient (Wildman–Crippen LogP) is 2.82. The van der Waals surface area contributed by atoms with Crippen molar-refractivity contribution in [1.29, 1.82) is 0 Å². The average Bonchev–Trinajstić information content (AvgIpc) is 0.918. The molecule has 0 nitrogen and oxygen atoms in total. The quantitative estimate of drug-likeness (QED) is 0.506. The van der Waals surface area contributed by atoms with Crippen LogP contribution >= 0.6 is 46.7 Å². The number of rotatable bonds is 0. The Morgan fingerprint density at radius 3 is 1.25 bits per heavy atom. The maximum atomic E-state index is 4.74. The van der Waals surface area contributed by atoms with Gasteiger partial charge in [0.2, 0.25) is 0 Å². The second-order valence-corrected chi connectivity index (χ2v) is 1.72. The minimum Gasteiger partial charge on any atom is -0.114 e. The van der Waals surface area contributed by atoms with Crippen molar-refractivity contribution in [3.63, 3.8) is 0 Å². The van der Waals surface area contributed by atoms with Gasteiger partial charge in [0.25, 0.3) is 0 Å². The van der Waals surface area contributed by atoms with Crippen LogP contribution in [-0.2, 0) is 0 Å². The Kier molecular flexibility index (Phi) is 20.0. The molecule has 0 saturated heterocycles. The van der Waals surface area contributed by atoms with Crippen molar-refractivity contribution >= 4 is 46.7 Å². The van der Waals surface area contributed by atoms with Gasteiger partial charge in [-0.2, -0.15) is 0 Å². The molecule has 4 heavy (non-hydrogen) atoms. The van der Waals surface area contributed by atoms with E-state index in [1.165, 1.54) is 0 Å². The van der Waals surface area contributed by atoms with E-state index in [0.717, 1.165) is 0 Å². The summed E-state index contributed by atoms with van der Waals surface area (Å²) in [5.74, 6) is 0. The fraction of sp³-hybridized carbons (Fsp3) is 0. The van der Waals surface area contributed by atoms with Crippen molar-refractivity contribution in [3.8, 4) is 0 Å². The molecule has 0 aromatic heterocycles. The molecule has 1 radical (unpaired) electrons. The van der Waals surface area contributed by atoms with Crippen molar-refractivity contribution in [2.45, 2.75) is 0 Å². The molecule has 0 fully saturated rings. The zero-order valence-corrected chi connectivity index (χ0v) is 5.73. The summed E-state index contributed by atoms with van der Waals surface area (Å²) in [4.78, 5) is 0. The molecule has 4 heteroatoms. The molecule has 0 aromatic carbocycles. The van der Waals surface area contributed by atoms with E-state index in [1.807, 2.05) is 0 Å². The van der Waals surface area contributed by atoms with Gasteiger partial charge >= 0.3 is 0 Å². The van der Waals surface area contributed by atoms with Crippen LogP contribution in [-0.4, -0.2) is 0 Å². The SMILES string of the molecule is Br.Cl[P]Cl. The molecule has 0 rings (SSSR count). The average molecular weight is 183 g/mol. The van der Waals surface area contributed by atoms with E-state index in [4.69, 9.17) is 22.5 Å². The summed E-state index contributed by atoms with van der Waals surface area (Å²) in [5, 5.41) is 0. The third-order valence-corrected chi connectivity index (χ3v) is 0. The Morgan fingerprint density at radius 2 is 1.25 bits per heavy atom. The Morgan fingerprint density at radius 1 is 1.25 bits per heavy atom. The summed E-state index contributed by atoms with van der Waals surface area (Å²) in [7, 11) is 0.361. The van der Waals surface area contributed by atoms with Crippen molar-refractivity contribution in [3.05, 3.63) is 0 Å². The molecular weight excluding hydrogens is 182 g/mol. The highest BCUT2D eigenvalue weighted by molar-refractivity contribution is 8.93. The lowest BCUT2D eigenvalue weighted by atomic mass is 30.6. The molecule has 0 heterocycles. The molecule has 0 bridgehead atoms. The number of hydrogen-bond acceptors (Lipinski definition) is 0. The van der Waals surface area contributed by atoms with E-state index in [0.29, 0.717) is 7.29 Å². The lowest BCUT2D eigenvalue weighted by molar-refractivity contribution is 4.88. The zero-order valence-electron chi connectivity index (χ0n) is 1.61. The van der Waals surface area contributed by atoms with E-state index >= 15 is 0 Å². The summed E-state index contributed by atoms with van der Waals surface area (Å²) >= 11 is 9.47. The first kappa shape index (κ1) is 9.09. The lowest BCUT2D eigenvalue weighted by Crippen LogP contribution is -0.641. The maximum absolute atomic E-state index is 4.74. The van der Waals surface area contributed by atoms with Gasteiger partial charge in [0.15, 0.2) is 0 Å². The Balaban J connectivity index is 0. The standard InChI is InChI=1S/BrH.Cl2P/c;1-3-2/h1H;. The van der Waals surface area contributed by atoms with Crippen molar-refractivity contribution in [1.82, 2.24) is 0 Å². The smallest absolute Gasteiger partial charge is 0.114 e. The predicted molar refractivity (Wildman–Crippen MR) is 28.9 cm³/mol. The molecule has 0 spiro atoms. The lowest BCUT2D eigenvalue weighted by Gasteiger charge is -1.38. The highest BCUT2D eigenvalue weighted by Crippen LogP contribution is 2.19. The van der Waals surface area contributed by atoms with Gasteiger partial charge < -0.3 is 0 Å². The Labute approximate surface area is 47.0 Å². The van der Waals surface area contributed by atoms with E-state index in [2.05, 4.69) is 0 Å². The number of hydrogen-bond donors (Lipinski definition) is 0. The summed E-state index contributed by atoms with van der Waals surface area (Å²) in [6.45, 7) is 0. The molecule has 0 aliphatic carbocycles. The van der Waals surface area contributed by atoms with Gasteiger partial charge in [-0.05, 0) is 0 Å². The Bertz CT molecular complexity index is 6.00. The van der Waals surface area contributed by atoms with Crippen molar-refractivity contribution in [2.75, 3.05) is 0 Å². The first-order chi connectivity index (χ1) is 1.41. The van der Waals surface area contributed by atoms with Crippen LogP contribution in [0.1, 0.15) is 0 Å². The molecular formula is HBrCl2P. The van der Waals surface area contributed by atoms with Gasteiger partial charge in [0.1, 0.15) is 7.29 Å². The highest BCUT2D eigenvalue weighted by Gasteiger charge is 1.45. The molecule has 0 unspecified atom stereocenters. The third kappa shape index (κ3) is 9.75. The fourth-order valence-electron chi connectivity index (χ4n) is 0. The number of halogens is 3. The second kappa shape index (κ2) is 8.82. The van der Waals surface area contributed by atoms with Crippen LogP contribution in [0.5, 0.6) is 0 Å². The fourth-order valence-corrected chi connectivity index (χ4v) is 0. The normalized spacial score (nSPS) is 4.50. The topological polar surface area (TPSA) is 0 Å². The van der Waals surface area contributed by atoms with Crippen molar-refractivity contribution < 1.29 is 0 Å². The largest absolute Gasteiger partial charge is 0.141 e. The van der Waals surface area contributed by atoms with Crippen LogP contribution in [0.4, 0.5) is 0 Å². The van der Waals surface area contributed by atoms with Crippen molar-refractivity contribution in [2.24, 2.45) is 0 Å². The first-order valence-corrected chi connectivity index (χ1v) is 3.04. The highest BCUT2D eigenvalue weighted by atomic mass is 79.9. The van der Waals surface area contributed by atoms with Gasteiger partial charge in [-0.1, -0.05) is 22.5 Å². The van der Waals surface area contributed by atoms with E-state index in [-0.39, 0.29) is 17.0 Å². The van der Waals surface area contributed by atoms with Gasteiger partial charge in [-0.15, -0.1) is 17.0 Å². The zero-order chi connectivity index (χ0) is 2.71. The minimum absolute atomic E-state index is 0. The van der Waals surface area contributed by atoms with Crippen LogP contribution in [0, 0.1) is 0 Å². The van der Waals surface area contributed by atoms with Crippen LogP contribution in [0.15, 0.2) is 0 Å². The summed E-state index contributed by atoms with van der Waals surface area (Å²) in [6, 6.07) is 0. The maximum Gasteiger partial charge on any atom is 0.141 e. The third-order valence-electron chi connectivity index (χ3n) is 0. The molecule has 0 atom stereocenters. The van der Waals surface area contributed by atoms with E-state index < -0.39 is 0 Å². The van der Waals surface area contributed by atoms with E-state index in [9.17, 15) is 0 Å². The summed E-state index contributed by atoms with van der Waals surface area (Å²) < 4.78 is 0. The minimum atomic E-state index is 0. The van der Waals surface area contributed by atoms with Gasteiger partial charge in [0.05, 0.1) is 0 Å². The molecule has 0 N–H and O–H groups in total. The Hall–Kier alpha value is 1.49.